The summed E-state index contributed by atoms with van der Waals surface area (Å²) in [5.74, 6) is -0.357. The Hall–Kier alpha value is -2.89. The van der Waals surface area contributed by atoms with E-state index in [1.165, 1.54) is 29.8 Å². The maximum atomic E-state index is 12.8. The minimum atomic E-state index is -0.471. The van der Waals surface area contributed by atoms with Crippen LogP contribution in [0.2, 0.25) is 0 Å². The van der Waals surface area contributed by atoms with Gasteiger partial charge in [0.25, 0.3) is 0 Å². The molecule has 0 saturated carbocycles. The van der Waals surface area contributed by atoms with E-state index < -0.39 is 11.9 Å². The zero-order valence-corrected chi connectivity index (χ0v) is 13.6. The molecule has 0 fully saturated rings. The van der Waals surface area contributed by atoms with Gasteiger partial charge < -0.3 is 16.0 Å². The van der Waals surface area contributed by atoms with Crippen LogP contribution in [0.4, 0.5) is 20.6 Å². The number of hydrogen-bond donors (Lipinski definition) is 3. The minimum Gasteiger partial charge on any atom is -0.329 e. The lowest BCUT2D eigenvalue weighted by atomic mass is 10.0. The summed E-state index contributed by atoms with van der Waals surface area (Å²) >= 11 is 0. The van der Waals surface area contributed by atoms with Gasteiger partial charge in [-0.2, -0.15) is 0 Å². The third-order valence-corrected chi connectivity index (χ3v) is 3.37. The predicted octanol–water partition coefficient (Wildman–Crippen LogP) is 3.71. The average molecular weight is 329 g/mol. The molecule has 3 N–H and O–H groups in total. The number of nitrogens with one attached hydrogen (secondary N) is 3. The lowest BCUT2D eigenvalue weighted by molar-refractivity contribution is -0.115. The molecule has 0 heterocycles. The molecule has 0 spiro atoms. The van der Waals surface area contributed by atoms with Crippen LogP contribution in [0.3, 0.4) is 0 Å². The van der Waals surface area contributed by atoms with Crippen LogP contribution in [0, 0.1) is 5.82 Å². The number of amides is 3. The first kappa shape index (κ1) is 17.5. The SMILES string of the molecule is CC(C)c1ccc(NC(=O)NCC(=O)Nc2ccc(F)cc2)cc1. The fraction of sp³-hybridized carbons (Fsp3) is 0.222. The summed E-state index contributed by atoms with van der Waals surface area (Å²) in [4.78, 5) is 23.5. The summed E-state index contributed by atoms with van der Waals surface area (Å²) in [5, 5.41) is 7.68. The second kappa shape index (κ2) is 8.10. The molecule has 0 atom stereocenters. The molecule has 0 aliphatic rings. The number of urea groups is 1. The van der Waals surface area contributed by atoms with Gasteiger partial charge >= 0.3 is 6.03 Å². The second-order valence-electron chi connectivity index (χ2n) is 5.64. The van der Waals surface area contributed by atoms with Gasteiger partial charge in [-0.1, -0.05) is 26.0 Å². The Kier molecular flexibility index (Phi) is 5.89. The van der Waals surface area contributed by atoms with Crippen molar-refractivity contribution in [3.05, 3.63) is 59.9 Å². The number of carbonyl (C=O) groups excluding carboxylic acids is 2. The van der Waals surface area contributed by atoms with E-state index in [4.69, 9.17) is 0 Å². The van der Waals surface area contributed by atoms with Crippen molar-refractivity contribution in [2.45, 2.75) is 19.8 Å². The van der Waals surface area contributed by atoms with E-state index in [1.54, 1.807) is 0 Å². The van der Waals surface area contributed by atoms with E-state index in [1.807, 2.05) is 24.3 Å². The molecular formula is C18H20FN3O2. The molecular weight excluding hydrogens is 309 g/mol. The van der Waals surface area contributed by atoms with E-state index in [9.17, 15) is 14.0 Å². The van der Waals surface area contributed by atoms with Crippen molar-refractivity contribution in [1.82, 2.24) is 5.32 Å². The Bertz CT molecular complexity index is 697. The Morgan fingerprint density at radius 3 is 2.04 bits per heavy atom. The summed E-state index contributed by atoms with van der Waals surface area (Å²) < 4.78 is 12.8. The summed E-state index contributed by atoms with van der Waals surface area (Å²) in [5.41, 5.74) is 2.29. The fourth-order valence-corrected chi connectivity index (χ4v) is 2.03. The number of rotatable bonds is 5. The molecule has 0 radical (unpaired) electrons. The first-order valence-corrected chi connectivity index (χ1v) is 7.64. The van der Waals surface area contributed by atoms with Gasteiger partial charge in [-0.25, -0.2) is 9.18 Å². The van der Waals surface area contributed by atoms with E-state index in [0.717, 1.165) is 0 Å². The highest BCUT2D eigenvalue weighted by Crippen LogP contribution is 2.16. The van der Waals surface area contributed by atoms with Gasteiger partial charge in [0.2, 0.25) is 5.91 Å². The van der Waals surface area contributed by atoms with Crippen molar-refractivity contribution >= 4 is 23.3 Å². The highest BCUT2D eigenvalue weighted by atomic mass is 19.1. The van der Waals surface area contributed by atoms with E-state index in [0.29, 0.717) is 17.3 Å². The van der Waals surface area contributed by atoms with Crippen molar-refractivity contribution in [2.24, 2.45) is 0 Å². The van der Waals surface area contributed by atoms with Gasteiger partial charge in [0.15, 0.2) is 0 Å². The Balaban J connectivity index is 1.77. The average Bonchev–Trinajstić information content (AvgIpc) is 2.55. The van der Waals surface area contributed by atoms with Gasteiger partial charge in [-0.15, -0.1) is 0 Å². The van der Waals surface area contributed by atoms with Gasteiger partial charge in [0.05, 0.1) is 6.54 Å². The molecule has 3 amide bonds. The van der Waals surface area contributed by atoms with Crippen LogP contribution in [0.5, 0.6) is 0 Å². The molecule has 5 nitrogen and oxygen atoms in total. The molecule has 0 aromatic heterocycles. The highest BCUT2D eigenvalue weighted by Gasteiger charge is 2.07. The Labute approximate surface area is 140 Å². The molecule has 0 unspecified atom stereocenters. The van der Waals surface area contributed by atoms with Crippen molar-refractivity contribution < 1.29 is 14.0 Å². The molecule has 2 aromatic rings. The standard InChI is InChI=1S/C18H20FN3O2/c1-12(2)13-3-7-16(8-4-13)22-18(24)20-11-17(23)21-15-9-5-14(19)6-10-15/h3-10,12H,11H2,1-2H3,(H,21,23)(H2,20,22,24). The van der Waals surface area contributed by atoms with Crippen molar-refractivity contribution in [3.8, 4) is 0 Å². The molecule has 2 rings (SSSR count). The molecule has 24 heavy (non-hydrogen) atoms. The fourth-order valence-electron chi connectivity index (χ4n) is 2.03. The highest BCUT2D eigenvalue weighted by molar-refractivity contribution is 5.96. The molecule has 0 aliphatic carbocycles. The van der Waals surface area contributed by atoms with Crippen LogP contribution in [0.25, 0.3) is 0 Å². The quantitative estimate of drug-likeness (QED) is 0.782. The monoisotopic (exact) mass is 329 g/mol. The van der Waals surface area contributed by atoms with Crippen LogP contribution >= 0.6 is 0 Å². The zero-order valence-electron chi connectivity index (χ0n) is 13.6. The number of benzene rings is 2. The van der Waals surface area contributed by atoms with Crippen LogP contribution in [-0.2, 0) is 4.79 Å². The third-order valence-electron chi connectivity index (χ3n) is 3.37. The summed E-state index contributed by atoms with van der Waals surface area (Å²) in [6.45, 7) is 4.00. The lowest BCUT2D eigenvalue weighted by Crippen LogP contribution is -2.35. The van der Waals surface area contributed by atoms with Crippen molar-refractivity contribution in [2.75, 3.05) is 17.2 Å². The maximum absolute atomic E-state index is 12.8. The van der Waals surface area contributed by atoms with Crippen molar-refractivity contribution in [1.29, 1.82) is 0 Å². The zero-order chi connectivity index (χ0) is 17.5. The normalized spacial score (nSPS) is 10.3. The lowest BCUT2D eigenvalue weighted by Gasteiger charge is -2.10. The molecule has 0 bridgehead atoms. The molecule has 0 aliphatic heterocycles. The molecule has 2 aromatic carbocycles. The Morgan fingerprint density at radius 2 is 1.46 bits per heavy atom. The Morgan fingerprint density at radius 1 is 0.917 bits per heavy atom. The largest absolute Gasteiger partial charge is 0.329 e. The van der Waals surface area contributed by atoms with E-state index in [-0.39, 0.29) is 12.4 Å². The smallest absolute Gasteiger partial charge is 0.319 e. The number of anilines is 2. The van der Waals surface area contributed by atoms with Crippen LogP contribution < -0.4 is 16.0 Å². The van der Waals surface area contributed by atoms with E-state index in [2.05, 4.69) is 29.8 Å². The predicted molar refractivity (Wildman–Crippen MR) is 92.6 cm³/mol. The summed E-state index contributed by atoms with van der Waals surface area (Å²) in [6, 6.07) is 12.4. The third kappa shape index (κ3) is 5.39. The first-order chi connectivity index (χ1) is 11.4. The molecule has 126 valence electrons. The number of hydrogen-bond acceptors (Lipinski definition) is 2. The molecule has 6 heteroatoms. The van der Waals surface area contributed by atoms with Gasteiger partial charge in [0.1, 0.15) is 5.82 Å². The maximum Gasteiger partial charge on any atom is 0.319 e. The topological polar surface area (TPSA) is 70.2 Å². The van der Waals surface area contributed by atoms with Crippen LogP contribution in [-0.4, -0.2) is 18.5 Å². The van der Waals surface area contributed by atoms with Crippen molar-refractivity contribution in [3.63, 3.8) is 0 Å². The van der Waals surface area contributed by atoms with Gasteiger partial charge in [0, 0.05) is 11.4 Å². The van der Waals surface area contributed by atoms with Gasteiger partial charge in [-0.05, 0) is 47.9 Å². The number of halogens is 1. The van der Waals surface area contributed by atoms with Crippen LogP contribution in [0.1, 0.15) is 25.3 Å². The van der Waals surface area contributed by atoms with Crippen LogP contribution in [0.15, 0.2) is 48.5 Å². The van der Waals surface area contributed by atoms with E-state index >= 15 is 0 Å². The summed E-state index contributed by atoms with van der Waals surface area (Å²) in [7, 11) is 0. The molecule has 0 saturated heterocycles. The van der Waals surface area contributed by atoms with Gasteiger partial charge in [-0.3, -0.25) is 4.79 Å². The second-order valence-corrected chi connectivity index (χ2v) is 5.64. The number of carbonyl (C=O) groups is 2. The minimum absolute atomic E-state index is 0.187. The first-order valence-electron chi connectivity index (χ1n) is 7.64. The summed E-state index contributed by atoms with van der Waals surface area (Å²) in [6.07, 6.45) is 0.